The molecule has 0 bridgehead atoms. The first kappa shape index (κ1) is 22.2. The molecule has 0 spiro atoms. The molecule has 0 unspecified atom stereocenters. The molecule has 0 atom stereocenters. The maximum Gasteiger partial charge on any atom is 0.145 e. The van der Waals surface area contributed by atoms with E-state index in [1.165, 1.54) is 38.8 Å². The molecule has 3 aliphatic heterocycles. The van der Waals surface area contributed by atoms with Crippen molar-refractivity contribution in [1.82, 2.24) is 4.90 Å². The Morgan fingerprint density at radius 3 is 2.12 bits per heavy atom. The van der Waals surface area contributed by atoms with Gasteiger partial charge in [0.15, 0.2) is 0 Å². The molecular weight excluding hydrogens is 434 g/mol. The van der Waals surface area contributed by atoms with Crippen LogP contribution in [0, 0.1) is 11.8 Å². The zero-order valence-corrected chi connectivity index (χ0v) is 20.1. The first-order chi connectivity index (χ1) is 15.7. The molecule has 0 aliphatic carbocycles. The average Bonchev–Trinajstić information content (AvgIpc) is 2.85. The van der Waals surface area contributed by atoms with Crippen LogP contribution in [-0.4, -0.2) is 45.2 Å². The highest BCUT2D eigenvalue weighted by atomic mass is 32.2. The van der Waals surface area contributed by atoms with Gasteiger partial charge in [0.25, 0.3) is 0 Å². The Balaban J connectivity index is 1.45. The van der Waals surface area contributed by atoms with E-state index >= 15 is 0 Å². The van der Waals surface area contributed by atoms with Crippen LogP contribution in [0.3, 0.4) is 0 Å². The standard InChI is InChI=1S/C27H31NO2S2/c29-27(22-12-3-5-14-24(22)30-25-15-6-4-13-23(25)27)26(31-20-11-21-32-26)16-7-1-8-17-28-18-9-2-10-19-28/h3-6,12-15,29H,2,7,9-11,16-21H2. The van der Waals surface area contributed by atoms with Crippen molar-refractivity contribution < 1.29 is 9.84 Å². The summed E-state index contributed by atoms with van der Waals surface area (Å²) in [5.41, 5.74) is 0.631. The molecule has 0 amide bonds. The number of aliphatic hydroxyl groups is 1. The normalized spacial score (nSPS) is 21.4. The molecule has 32 heavy (non-hydrogen) atoms. The molecular formula is C27H31NO2S2. The van der Waals surface area contributed by atoms with E-state index in [0.29, 0.717) is 0 Å². The van der Waals surface area contributed by atoms with Crippen LogP contribution in [0.5, 0.6) is 11.5 Å². The summed E-state index contributed by atoms with van der Waals surface area (Å²) in [5.74, 6) is 10.5. The van der Waals surface area contributed by atoms with Crippen LogP contribution < -0.4 is 4.74 Å². The fourth-order valence-corrected chi connectivity index (χ4v) is 8.70. The van der Waals surface area contributed by atoms with E-state index in [0.717, 1.165) is 53.5 Å². The predicted molar refractivity (Wildman–Crippen MR) is 136 cm³/mol. The fourth-order valence-electron chi connectivity index (χ4n) is 5.09. The van der Waals surface area contributed by atoms with Gasteiger partial charge in [-0.2, -0.15) is 0 Å². The molecule has 3 heterocycles. The van der Waals surface area contributed by atoms with Gasteiger partial charge in [-0.1, -0.05) is 48.7 Å². The van der Waals surface area contributed by atoms with E-state index in [9.17, 15) is 5.11 Å². The maximum atomic E-state index is 12.6. The van der Waals surface area contributed by atoms with Crippen LogP contribution in [0.4, 0.5) is 0 Å². The molecule has 3 aliphatic rings. The molecule has 0 radical (unpaired) electrons. The number of rotatable bonds is 4. The van der Waals surface area contributed by atoms with Crippen molar-refractivity contribution in [2.24, 2.45) is 0 Å². The van der Waals surface area contributed by atoms with Gasteiger partial charge in [0.1, 0.15) is 17.1 Å². The maximum absolute atomic E-state index is 12.6. The van der Waals surface area contributed by atoms with Gasteiger partial charge in [-0.3, -0.25) is 4.90 Å². The number of likely N-dealkylation sites (tertiary alicyclic amines) is 1. The summed E-state index contributed by atoms with van der Waals surface area (Å²) >= 11 is 3.82. The summed E-state index contributed by atoms with van der Waals surface area (Å²) in [5, 5.41) is 12.6. The molecule has 1 N–H and O–H groups in total. The average molecular weight is 466 g/mol. The number of hydrogen-bond acceptors (Lipinski definition) is 5. The molecule has 2 saturated heterocycles. The monoisotopic (exact) mass is 465 g/mol. The summed E-state index contributed by atoms with van der Waals surface area (Å²) in [6.45, 7) is 3.23. The van der Waals surface area contributed by atoms with Crippen LogP contribution in [0.25, 0.3) is 0 Å². The van der Waals surface area contributed by atoms with E-state index in [-0.39, 0.29) is 4.08 Å². The molecule has 5 rings (SSSR count). The number of fused-ring (bicyclic) bond motifs is 2. The van der Waals surface area contributed by atoms with Crippen molar-refractivity contribution in [2.75, 3.05) is 31.1 Å². The third-order valence-corrected chi connectivity index (χ3v) is 10.4. The molecule has 2 aromatic carbocycles. The summed E-state index contributed by atoms with van der Waals surface area (Å²) in [6.07, 6.45) is 6.76. The second-order valence-corrected chi connectivity index (χ2v) is 11.8. The van der Waals surface area contributed by atoms with Crippen molar-refractivity contribution in [3.8, 4) is 23.3 Å². The van der Waals surface area contributed by atoms with Gasteiger partial charge in [0.2, 0.25) is 0 Å². The SMILES string of the molecule is OC1(C2(CCC#CCN3CCCCC3)SCCCS2)c2ccccc2Oc2ccccc21. The Kier molecular flexibility index (Phi) is 6.76. The lowest BCUT2D eigenvalue weighted by atomic mass is 9.78. The van der Waals surface area contributed by atoms with Gasteiger partial charge < -0.3 is 9.84 Å². The van der Waals surface area contributed by atoms with E-state index in [4.69, 9.17) is 4.74 Å². The van der Waals surface area contributed by atoms with Crippen LogP contribution in [0.1, 0.15) is 49.7 Å². The Morgan fingerprint density at radius 1 is 0.844 bits per heavy atom. The van der Waals surface area contributed by atoms with Gasteiger partial charge in [-0.25, -0.2) is 0 Å². The minimum atomic E-state index is -1.12. The molecule has 5 heteroatoms. The minimum Gasteiger partial charge on any atom is -0.457 e. The van der Waals surface area contributed by atoms with E-state index in [1.54, 1.807) is 0 Å². The van der Waals surface area contributed by atoms with Crippen molar-refractivity contribution >= 4 is 23.5 Å². The lowest BCUT2D eigenvalue weighted by Gasteiger charge is -2.50. The lowest BCUT2D eigenvalue weighted by Crippen LogP contribution is -2.51. The summed E-state index contributed by atoms with van der Waals surface area (Å²) in [4.78, 5) is 2.47. The van der Waals surface area contributed by atoms with E-state index in [2.05, 4.69) is 16.7 Å². The Hall–Kier alpha value is -1.58. The quantitative estimate of drug-likeness (QED) is 0.572. The molecule has 2 aromatic rings. The van der Waals surface area contributed by atoms with Crippen molar-refractivity contribution in [2.45, 2.75) is 48.2 Å². The van der Waals surface area contributed by atoms with Crippen molar-refractivity contribution in [1.29, 1.82) is 0 Å². The van der Waals surface area contributed by atoms with Gasteiger partial charge >= 0.3 is 0 Å². The minimum absolute atomic E-state index is 0.388. The van der Waals surface area contributed by atoms with Crippen molar-refractivity contribution in [3.05, 3.63) is 59.7 Å². The Bertz CT molecular complexity index is 954. The number of ether oxygens (including phenoxy) is 1. The Morgan fingerprint density at radius 2 is 1.47 bits per heavy atom. The molecule has 0 saturated carbocycles. The van der Waals surface area contributed by atoms with E-state index < -0.39 is 5.60 Å². The number of thioether (sulfide) groups is 2. The highest BCUT2D eigenvalue weighted by Crippen LogP contribution is 2.62. The highest BCUT2D eigenvalue weighted by Gasteiger charge is 2.57. The number of nitrogens with zero attached hydrogens (tertiary/aromatic N) is 1. The van der Waals surface area contributed by atoms with Gasteiger partial charge in [0, 0.05) is 17.5 Å². The lowest BCUT2D eigenvalue weighted by molar-refractivity contribution is 0.0540. The van der Waals surface area contributed by atoms with Crippen LogP contribution in [0.2, 0.25) is 0 Å². The topological polar surface area (TPSA) is 32.7 Å². The smallest absolute Gasteiger partial charge is 0.145 e. The predicted octanol–water partition coefficient (Wildman–Crippen LogP) is 5.86. The van der Waals surface area contributed by atoms with Gasteiger partial charge in [-0.05, 0) is 62.4 Å². The zero-order chi connectivity index (χ0) is 21.9. The summed E-state index contributed by atoms with van der Waals surface area (Å²) in [6, 6.07) is 16.0. The third-order valence-electron chi connectivity index (χ3n) is 6.74. The molecule has 168 valence electrons. The van der Waals surface area contributed by atoms with Crippen LogP contribution in [-0.2, 0) is 5.60 Å². The number of hydrogen-bond donors (Lipinski definition) is 1. The molecule has 0 aromatic heterocycles. The first-order valence-corrected chi connectivity index (χ1v) is 13.8. The van der Waals surface area contributed by atoms with Gasteiger partial charge in [0.05, 0.1) is 10.6 Å². The fraction of sp³-hybridized carbons (Fsp3) is 0.481. The summed E-state index contributed by atoms with van der Waals surface area (Å²) in [7, 11) is 0. The van der Waals surface area contributed by atoms with Gasteiger partial charge in [-0.15, -0.1) is 29.4 Å². The van der Waals surface area contributed by atoms with Crippen molar-refractivity contribution in [3.63, 3.8) is 0 Å². The molecule has 3 nitrogen and oxygen atoms in total. The van der Waals surface area contributed by atoms with Crippen LogP contribution in [0.15, 0.2) is 48.5 Å². The highest BCUT2D eigenvalue weighted by molar-refractivity contribution is 8.18. The first-order valence-electron chi connectivity index (χ1n) is 11.8. The van der Waals surface area contributed by atoms with Crippen LogP contribution >= 0.6 is 23.5 Å². The Labute approximate surface area is 200 Å². The van der Waals surface area contributed by atoms with E-state index in [1.807, 2.05) is 72.1 Å². The second kappa shape index (κ2) is 9.73. The number of piperidine rings is 1. The molecule has 2 fully saturated rings. The largest absolute Gasteiger partial charge is 0.457 e. The third kappa shape index (κ3) is 4.07. The number of para-hydroxylation sites is 2. The second-order valence-electron chi connectivity index (χ2n) is 8.80. The summed E-state index contributed by atoms with van der Waals surface area (Å²) < 4.78 is 5.82. The zero-order valence-electron chi connectivity index (χ0n) is 18.5. The number of benzene rings is 2.